The number of hydrogen-bond acceptors (Lipinski definition) is 8. The van der Waals surface area contributed by atoms with Crippen LogP contribution < -0.4 is 20.3 Å². The number of likely N-dealkylation sites (N-methyl/N-ethyl adjacent to an activating group) is 1. The summed E-state index contributed by atoms with van der Waals surface area (Å²) in [6.45, 7) is 5.93. The Morgan fingerprint density at radius 2 is 1.76 bits per heavy atom. The molecule has 2 aliphatic rings. The molecule has 10 nitrogen and oxygen atoms in total. The molecule has 46 heavy (non-hydrogen) atoms. The molecule has 244 valence electrons. The number of carbonyl (C=O) groups excluding carboxylic acids is 1. The van der Waals surface area contributed by atoms with Gasteiger partial charge in [0.05, 0.1) is 29.9 Å². The van der Waals surface area contributed by atoms with E-state index in [2.05, 4.69) is 57.3 Å². The number of rotatable bonds is 10. The lowest BCUT2D eigenvalue weighted by molar-refractivity contribution is 0.102. The summed E-state index contributed by atoms with van der Waals surface area (Å²) in [5.74, 6) is 1.00. The van der Waals surface area contributed by atoms with Crippen LogP contribution in [-0.4, -0.2) is 90.0 Å². The Labute approximate surface area is 271 Å². The largest absolute Gasteiger partial charge is 0.496 e. The van der Waals surface area contributed by atoms with Crippen molar-refractivity contribution < 1.29 is 14.6 Å². The van der Waals surface area contributed by atoms with E-state index in [0.717, 1.165) is 87.0 Å². The van der Waals surface area contributed by atoms with Crippen LogP contribution in [0.25, 0.3) is 22.3 Å². The Kier molecular flexibility index (Phi) is 9.86. The van der Waals surface area contributed by atoms with E-state index < -0.39 is 0 Å². The molecule has 0 atom stereocenters. The molecule has 1 aliphatic heterocycles. The topological polar surface area (TPSA) is 108 Å². The Balaban J connectivity index is 1.27. The molecule has 4 aromatic rings. The molecule has 0 spiro atoms. The molecule has 3 heterocycles. The number of piperidine rings is 1. The van der Waals surface area contributed by atoms with Crippen LogP contribution in [0.5, 0.6) is 5.75 Å². The first-order valence-electron chi connectivity index (χ1n) is 16.6. The van der Waals surface area contributed by atoms with Crippen molar-refractivity contribution in [3.63, 3.8) is 0 Å². The predicted molar refractivity (Wildman–Crippen MR) is 184 cm³/mol. The van der Waals surface area contributed by atoms with Gasteiger partial charge in [-0.3, -0.25) is 15.1 Å². The second kappa shape index (κ2) is 14.2. The predicted octanol–water partition coefficient (Wildman–Crippen LogP) is 5.26. The van der Waals surface area contributed by atoms with Gasteiger partial charge in [-0.05, 0) is 102 Å². The normalized spacial score (nSPS) is 19.1. The second-order valence-corrected chi connectivity index (χ2v) is 13.0. The van der Waals surface area contributed by atoms with Crippen molar-refractivity contribution in [1.29, 1.82) is 0 Å². The van der Waals surface area contributed by atoms with Gasteiger partial charge in [-0.15, -0.1) is 0 Å². The minimum atomic E-state index is -0.277. The minimum Gasteiger partial charge on any atom is -0.496 e. The molecule has 1 saturated heterocycles. The van der Waals surface area contributed by atoms with Crippen molar-refractivity contribution in [2.45, 2.75) is 63.6 Å². The van der Waals surface area contributed by atoms with Gasteiger partial charge in [0.15, 0.2) is 0 Å². The van der Waals surface area contributed by atoms with E-state index >= 15 is 0 Å². The van der Waals surface area contributed by atoms with Crippen molar-refractivity contribution >= 4 is 28.6 Å². The van der Waals surface area contributed by atoms with Crippen LogP contribution >= 0.6 is 0 Å². The summed E-state index contributed by atoms with van der Waals surface area (Å²) >= 11 is 0. The first kappa shape index (κ1) is 32.0. The molecular formula is C36H47N7O3. The number of imidazole rings is 1. The maximum absolute atomic E-state index is 13.8. The highest BCUT2D eigenvalue weighted by Crippen LogP contribution is 2.36. The van der Waals surface area contributed by atoms with Gasteiger partial charge < -0.3 is 29.5 Å². The van der Waals surface area contributed by atoms with Gasteiger partial charge in [0.25, 0.3) is 5.91 Å². The highest BCUT2D eigenvalue weighted by Gasteiger charge is 2.27. The summed E-state index contributed by atoms with van der Waals surface area (Å²) in [6, 6.07) is 18.4. The van der Waals surface area contributed by atoms with Gasteiger partial charge in [-0.25, -0.2) is 4.98 Å². The van der Waals surface area contributed by atoms with Crippen LogP contribution in [0.15, 0.2) is 54.6 Å². The van der Waals surface area contributed by atoms with Crippen molar-refractivity contribution in [1.82, 2.24) is 24.8 Å². The number of methoxy groups -OCH3 is 1. The van der Waals surface area contributed by atoms with Crippen molar-refractivity contribution in [3.05, 3.63) is 65.9 Å². The fraction of sp³-hybridized carbons (Fsp3) is 0.472. The van der Waals surface area contributed by atoms with Crippen LogP contribution in [-0.2, 0) is 0 Å². The van der Waals surface area contributed by atoms with Gasteiger partial charge in [0, 0.05) is 60.8 Å². The Bertz CT molecular complexity index is 1650. The first-order chi connectivity index (χ1) is 22.3. The zero-order chi connectivity index (χ0) is 32.2. The van der Waals surface area contributed by atoms with E-state index in [9.17, 15) is 9.90 Å². The van der Waals surface area contributed by atoms with Gasteiger partial charge in [-0.1, -0.05) is 12.1 Å². The van der Waals surface area contributed by atoms with E-state index in [1.165, 1.54) is 5.69 Å². The number of aliphatic hydroxyl groups is 1. The SMILES string of the molecule is COc1ccccc1-c1cc(C(=O)Nc2nc3ccc(N4CCC(NCCN(C)C)CC4)cc3n2[C@H]2CC[C@@H](O)CC2)cc(C)n1. The van der Waals surface area contributed by atoms with Crippen LogP contribution in [0.4, 0.5) is 11.6 Å². The number of anilines is 2. The van der Waals surface area contributed by atoms with Crippen molar-refractivity contribution in [2.24, 2.45) is 0 Å². The maximum Gasteiger partial charge on any atom is 0.258 e. The lowest BCUT2D eigenvalue weighted by Gasteiger charge is -2.34. The summed E-state index contributed by atoms with van der Waals surface area (Å²) in [6.07, 6.45) is 5.06. The number of fused-ring (bicyclic) bond motifs is 1. The highest BCUT2D eigenvalue weighted by molar-refractivity contribution is 6.05. The molecule has 2 aromatic carbocycles. The molecule has 1 amide bonds. The number of para-hydroxylation sites is 1. The molecule has 3 N–H and O–H groups in total. The van der Waals surface area contributed by atoms with Crippen LogP contribution in [0.2, 0.25) is 0 Å². The average Bonchev–Trinajstić information content (AvgIpc) is 3.42. The third kappa shape index (κ3) is 7.19. The number of benzene rings is 2. The van der Waals surface area contributed by atoms with E-state index in [4.69, 9.17) is 14.7 Å². The lowest BCUT2D eigenvalue weighted by Crippen LogP contribution is -2.44. The molecule has 1 saturated carbocycles. The Morgan fingerprint density at radius 1 is 1.00 bits per heavy atom. The Hall–Kier alpha value is -3.99. The fourth-order valence-corrected chi connectivity index (χ4v) is 6.85. The minimum absolute atomic E-state index is 0.133. The van der Waals surface area contributed by atoms with Crippen LogP contribution in [0, 0.1) is 6.92 Å². The molecule has 10 heteroatoms. The summed E-state index contributed by atoms with van der Waals surface area (Å²) in [7, 11) is 5.85. The maximum atomic E-state index is 13.8. The van der Waals surface area contributed by atoms with Gasteiger partial charge >= 0.3 is 0 Å². The van der Waals surface area contributed by atoms with E-state index in [1.54, 1.807) is 19.2 Å². The second-order valence-electron chi connectivity index (χ2n) is 13.0. The summed E-state index contributed by atoms with van der Waals surface area (Å²) in [5, 5.41) is 17.1. The number of hydrogen-bond donors (Lipinski definition) is 3. The summed E-state index contributed by atoms with van der Waals surface area (Å²) < 4.78 is 7.76. The molecule has 2 fully saturated rings. The molecule has 6 rings (SSSR count). The third-order valence-corrected chi connectivity index (χ3v) is 9.38. The number of aromatic nitrogens is 3. The highest BCUT2D eigenvalue weighted by atomic mass is 16.5. The molecule has 0 radical (unpaired) electrons. The van der Waals surface area contributed by atoms with Crippen LogP contribution in [0.3, 0.4) is 0 Å². The van der Waals surface area contributed by atoms with Gasteiger partial charge in [0.2, 0.25) is 5.95 Å². The first-order valence-corrected chi connectivity index (χ1v) is 16.6. The van der Waals surface area contributed by atoms with E-state index in [0.29, 0.717) is 29.0 Å². The molecular weight excluding hydrogens is 578 g/mol. The number of nitrogens with one attached hydrogen (secondary N) is 2. The number of aliphatic hydroxyl groups excluding tert-OH is 1. The number of amides is 1. The summed E-state index contributed by atoms with van der Waals surface area (Å²) in [4.78, 5) is 28.2. The standard InChI is InChI=1S/C36H47N7O3/c1-24-21-25(22-32(38-24)30-7-5-6-8-34(30)46-4)35(45)40-36-39-31-14-11-28(23-33(31)43(36)27-9-12-29(44)13-10-27)42-18-15-26(16-19-42)37-17-20-41(2)3/h5-8,11,14,21-23,26-27,29,37,44H,9-10,12-13,15-20H2,1-4H3,(H,39,40,45)/t27-,29+. The van der Waals surface area contributed by atoms with Crippen molar-refractivity contribution in [3.8, 4) is 17.0 Å². The lowest BCUT2D eigenvalue weighted by atomic mass is 9.93. The number of carbonyl (C=O) groups is 1. The smallest absolute Gasteiger partial charge is 0.258 e. The van der Waals surface area contributed by atoms with E-state index in [1.807, 2.05) is 31.2 Å². The zero-order valence-electron chi connectivity index (χ0n) is 27.5. The van der Waals surface area contributed by atoms with Gasteiger partial charge in [0.1, 0.15) is 5.75 Å². The summed E-state index contributed by atoms with van der Waals surface area (Å²) in [5.41, 5.74) is 5.81. The Morgan fingerprint density at radius 3 is 2.50 bits per heavy atom. The molecule has 0 bridgehead atoms. The number of aryl methyl sites for hydroxylation is 1. The molecule has 1 aliphatic carbocycles. The van der Waals surface area contributed by atoms with Crippen LogP contribution in [0.1, 0.15) is 60.6 Å². The number of ether oxygens (including phenoxy) is 1. The molecule has 0 unspecified atom stereocenters. The number of pyridine rings is 1. The average molecular weight is 626 g/mol. The zero-order valence-corrected chi connectivity index (χ0v) is 27.5. The van der Waals surface area contributed by atoms with E-state index in [-0.39, 0.29) is 18.1 Å². The quantitative estimate of drug-likeness (QED) is 0.219. The number of nitrogens with zero attached hydrogens (tertiary/aromatic N) is 5. The van der Waals surface area contributed by atoms with Gasteiger partial charge in [-0.2, -0.15) is 0 Å². The molecule has 2 aromatic heterocycles. The fourth-order valence-electron chi connectivity index (χ4n) is 6.85. The monoisotopic (exact) mass is 625 g/mol. The third-order valence-electron chi connectivity index (χ3n) is 9.38. The van der Waals surface area contributed by atoms with Crippen molar-refractivity contribution in [2.75, 3.05) is 57.6 Å².